The average molecular weight is 815 g/mol. The Kier molecular flexibility index (Phi) is 9.20. The van der Waals surface area contributed by atoms with Crippen LogP contribution in [-0.4, -0.2) is 4.57 Å². The van der Waals surface area contributed by atoms with Crippen LogP contribution >= 0.6 is 0 Å². The van der Waals surface area contributed by atoms with E-state index in [1.807, 2.05) is 0 Å². The molecule has 300 valence electrons. The molecule has 0 saturated heterocycles. The highest BCUT2D eigenvalue weighted by Crippen LogP contribution is 2.44. The molecule has 64 heavy (non-hydrogen) atoms. The molecule has 0 fully saturated rings. The zero-order valence-corrected chi connectivity index (χ0v) is 35.1. The summed E-state index contributed by atoms with van der Waals surface area (Å²) in [5.41, 5.74) is 16.4. The average Bonchev–Trinajstić information content (AvgIpc) is 3.73. The number of anilines is 3. The van der Waals surface area contributed by atoms with E-state index in [1.54, 1.807) is 0 Å². The van der Waals surface area contributed by atoms with Crippen molar-refractivity contribution < 1.29 is 0 Å². The molecule has 2 nitrogen and oxygen atoms in total. The van der Waals surface area contributed by atoms with Crippen LogP contribution < -0.4 is 4.90 Å². The molecule has 12 aromatic rings. The molecule has 0 radical (unpaired) electrons. The van der Waals surface area contributed by atoms with Gasteiger partial charge in [-0.1, -0.05) is 194 Å². The molecule has 0 aliphatic rings. The minimum atomic E-state index is 1.09. The second kappa shape index (κ2) is 15.8. The summed E-state index contributed by atoms with van der Waals surface area (Å²) in [5.74, 6) is 0. The van der Waals surface area contributed by atoms with Crippen molar-refractivity contribution in [1.82, 2.24) is 4.57 Å². The first kappa shape index (κ1) is 37.3. The van der Waals surface area contributed by atoms with Gasteiger partial charge in [-0.3, -0.25) is 0 Å². The molecule has 12 rings (SSSR count). The van der Waals surface area contributed by atoms with Crippen LogP contribution in [0.1, 0.15) is 0 Å². The van der Waals surface area contributed by atoms with Crippen LogP contribution in [0.4, 0.5) is 17.1 Å². The summed E-state index contributed by atoms with van der Waals surface area (Å²) in [4.78, 5) is 2.39. The Hall–Kier alpha value is -8.46. The molecule has 0 saturated carbocycles. The highest BCUT2D eigenvalue weighted by molar-refractivity contribution is 6.22. The maximum atomic E-state index is 2.44. The van der Waals surface area contributed by atoms with E-state index in [-0.39, 0.29) is 0 Å². The molecule has 0 unspecified atom stereocenters. The minimum absolute atomic E-state index is 1.09. The van der Waals surface area contributed by atoms with Crippen molar-refractivity contribution in [2.75, 3.05) is 4.90 Å². The maximum absolute atomic E-state index is 2.44. The van der Waals surface area contributed by atoms with Crippen LogP contribution in [0.2, 0.25) is 0 Å². The number of rotatable bonds is 8. The molecule has 0 atom stereocenters. The van der Waals surface area contributed by atoms with E-state index in [2.05, 4.69) is 264 Å². The van der Waals surface area contributed by atoms with E-state index >= 15 is 0 Å². The largest absolute Gasteiger partial charge is 0.310 e. The number of nitrogens with zero attached hydrogens (tertiary/aromatic N) is 2. The SMILES string of the molecule is c1ccc(-c2ccc(-c3ccc(N(c4ccc(-c5ccc6ccccc6c5)cc4)c4cccc(-c5cccc6c5c5ccc7ccccc7c5n6-c5ccccc5)c4)cc3)cc2)cc1. The van der Waals surface area contributed by atoms with E-state index in [9.17, 15) is 0 Å². The summed E-state index contributed by atoms with van der Waals surface area (Å²) in [6, 6.07) is 92.6. The van der Waals surface area contributed by atoms with Crippen LogP contribution in [-0.2, 0) is 0 Å². The summed E-state index contributed by atoms with van der Waals surface area (Å²) >= 11 is 0. The van der Waals surface area contributed by atoms with Gasteiger partial charge in [0.15, 0.2) is 0 Å². The lowest BCUT2D eigenvalue weighted by Gasteiger charge is -2.26. The Morgan fingerprint density at radius 2 is 0.797 bits per heavy atom. The normalized spacial score (nSPS) is 11.4. The van der Waals surface area contributed by atoms with Gasteiger partial charge in [-0.25, -0.2) is 0 Å². The Morgan fingerprint density at radius 3 is 1.50 bits per heavy atom. The fourth-order valence-corrected chi connectivity index (χ4v) is 9.63. The molecule has 2 heteroatoms. The first-order valence-corrected chi connectivity index (χ1v) is 22.0. The molecule has 0 amide bonds. The zero-order valence-electron chi connectivity index (χ0n) is 35.1. The van der Waals surface area contributed by atoms with E-state index in [0.29, 0.717) is 0 Å². The first-order valence-electron chi connectivity index (χ1n) is 22.0. The van der Waals surface area contributed by atoms with Crippen LogP contribution in [0.3, 0.4) is 0 Å². The third-order valence-electron chi connectivity index (χ3n) is 12.8. The molecular formula is C62H42N2. The Labute approximate surface area is 373 Å². The van der Waals surface area contributed by atoms with Gasteiger partial charge in [0, 0.05) is 38.9 Å². The zero-order chi connectivity index (χ0) is 42.4. The van der Waals surface area contributed by atoms with Gasteiger partial charge in [-0.2, -0.15) is 0 Å². The van der Waals surface area contributed by atoms with Crippen molar-refractivity contribution in [3.05, 3.63) is 255 Å². The van der Waals surface area contributed by atoms with Crippen LogP contribution in [0, 0.1) is 0 Å². The van der Waals surface area contributed by atoms with Crippen molar-refractivity contribution in [2.45, 2.75) is 0 Å². The van der Waals surface area contributed by atoms with Gasteiger partial charge >= 0.3 is 0 Å². The molecule has 0 N–H and O–H groups in total. The van der Waals surface area contributed by atoms with E-state index in [0.717, 1.165) is 28.3 Å². The minimum Gasteiger partial charge on any atom is -0.310 e. The number of benzene rings is 11. The Morgan fingerprint density at radius 1 is 0.281 bits per heavy atom. The van der Waals surface area contributed by atoms with Crippen LogP contribution in [0.25, 0.3) is 93.5 Å². The third kappa shape index (κ3) is 6.61. The van der Waals surface area contributed by atoms with Gasteiger partial charge in [0.2, 0.25) is 0 Å². The van der Waals surface area contributed by atoms with Gasteiger partial charge in [0.25, 0.3) is 0 Å². The summed E-state index contributed by atoms with van der Waals surface area (Å²) in [6.07, 6.45) is 0. The predicted molar refractivity (Wildman–Crippen MR) is 272 cm³/mol. The molecular weight excluding hydrogens is 773 g/mol. The lowest BCUT2D eigenvalue weighted by atomic mass is 9.97. The van der Waals surface area contributed by atoms with Crippen molar-refractivity contribution in [3.63, 3.8) is 0 Å². The standard InChI is InChI=1S/C62H42N2/c1-3-13-43(14-4-1)45-25-27-46(28-26-45)47-31-36-54(37-32-47)63(55-38-33-48(34-39-55)51-30-29-44-15-7-8-17-50(44)41-51)56-21-11-18-52(42-56)57-23-12-24-60-61(57)59-40-35-49-16-9-10-22-58(49)62(59)64(60)53-19-5-2-6-20-53/h1-42H. The molecule has 0 spiro atoms. The Bertz CT molecular complexity index is 3620. The van der Waals surface area contributed by atoms with Crippen molar-refractivity contribution in [1.29, 1.82) is 0 Å². The molecule has 1 aromatic heterocycles. The van der Waals surface area contributed by atoms with Gasteiger partial charge in [-0.05, 0) is 121 Å². The lowest BCUT2D eigenvalue weighted by Crippen LogP contribution is -2.10. The van der Waals surface area contributed by atoms with Crippen molar-refractivity contribution in [3.8, 4) is 50.2 Å². The molecule has 1 heterocycles. The lowest BCUT2D eigenvalue weighted by molar-refractivity contribution is 1.19. The number of aromatic nitrogens is 1. The maximum Gasteiger partial charge on any atom is 0.0619 e. The van der Waals surface area contributed by atoms with Crippen LogP contribution in [0.15, 0.2) is 255 Å². The number of fused-ring (bicyclic) bond motifs is 6. The summed E-state index contributed by atoms with van der Waals surface area (Å²) in [7, 11) is 0. The summed E-state index contributed by atoms with van der Waals surface area (Å²) in [5, 5.41) is 7.46. The molecule has 11 aromatic carbocycles. The number of hydrogen-bond acceptors (Lipinski definition) is 1. The van der Waals surface area contributed by atoms with Crippen molar-refractivity contribution in [2.24, 2.45) is 0 Å². The number of para-hydroxylation sites is 1. The predicted octanol–water partition coefficient (Wildman–Crippen LogP) is 17.2. The molecule has 0 bridgehead atoms. The third-order valence-corrected chi connectivity index (χ3v) is 12.8. The smallest absolute Gasteiger partial charge is 0.0619 e. The second-order valence-corrected chi connectivity index (χ2v) is 16.5. The van der Waals surface area contributed by atoms with Gasteiger partial charge in [0.05, 0.1) is 11.0 Å². The highest BCUT2D eigenvalue weighted by Gasteiger charge is 2.20. The van der Waals surface area contributed by atoms with Gasteiger partial charge in [-0.15, -0.1) is 0 Å². The molecule has 0 aliphatic heterocycles. The number of hydrogen-bond donors (Lipinski definition) is 0. The first-order chi connectivity index (χ1) is 31.7. The second-order valence-electron chi connectivity index (χ2n) is 16.5. The summed E-state index contributed by atoms with van der Waals surface area (Å²) in [6.45, 7) is 0. The fourth-order valence-electron chi connectivity index (χ4n) is 9.63. The van der Waals surface area contributed by atoms with E-state index in [4.69, 9.17) is 0 Å². The highest BCUT2D eigenvalue weighted by atomic mass is 15.1. The topological polar surface area (TPSA) is 8.17 Å². The van der Waals surface area contributed by atoms with E-state index < -0.39 is 0 Å². The van der Waals surface area contributed by atoms with Gasteiger partial charge in [0.1, 0.15) is 0 Å². The fraction of sp³-hybridized carbons (Fsp3) is 0. The van der Waals surface area contributed by atoms with Gasteiger partial charge < -0.3 is 9.47 Å². The molecule has 0 aliphatic carbocycles. The quantitative estimate of drug-likeness (QED) is 0.148. The van der Waals surface area contributed by atoms with E-state index in [1.165, 1.54) is 82.3 Å². The van der Waals surface area contributed by atoms with Crippen LogP contribution in [0.5, 0.6) is 0 Å². The Balaban J connectivity index is 0.985. The summed E-state index contributed by atoms with van der Waals surface area (Å²) < 4.78 is 2.44. The van der Waals surface area contributed by atoms with Crippen molar-refractivity contribution >= 4 is 60.4 Å². The monoisotopic (exact) mass is 814 g/mol.